The molecule has 0 spiro atoms. The van der Waals surface area contributed by atoms with Crippen molar-refractivity contribution in [3.05, 3.63) is 23.8 Å². The SMILES string of the molecule is CN(CCC#N)Cc1ccc2c(c1)OCCCO2. The topological polar surface area (TPSA) is 45.5 Å². The van der Waals surface area contributed by atoms with Crippen LogP contribution >= 0.6 is 0 Å². The third-order valence-corrected chi connectivity index (χ3v) is 2.87. The first kappa shape index (κ1) is 12.7. The van der Waals surface area contributed by atoms with Crippen LogP contribution in [0.4, 0.5) is 0 Å². The number of nitriles is 1. The second kappa shape index (κ2) is 6.27. The molecule has 2 rings (SSSR count). The van der Waals surface area contributed by atoms with Gasteiger partial charge >= 0.3 is 0 Å². The van der Waals surface area contributed by atoms with Gasteiger partial charge in [0.05, 0.1) is 19.3 Å². The molecule has 0 atom stereocenters. The van der Waals surface area contributed by atoms with Crippen molar-refractivity contribution in [1.82, 2.24) is 4.90 Å². The van der Waals surface area contributed by atoms with E-state index in [0.717, 1.165) is 31.0 Å². The number of ether oxygens (including phenoxy) is 2. The first-order chi connectivity index (χ1) is 8.79. The summed E-state index contributed by atoms with van der Waals surface area (Å²) >= 11 is 0. The van der Waals surface area contributed by atoms with Gasteiger partial charge in [0.1, 0.15) is 0 Å². The van der Waals surface area contributed by atoms with Gasteiger partial charge in [-0.1, -0.05) is 6.07 Å². The predicted molar refractivity (Wildman–Crippen MR) is 68.6 cm³/mol. The minimum Gasteiger partial charge on any atom is -0.490 e. The van der Waals surface area contributed by atoms with Crippen molar-refractivity contribution in [2.45, 2.75) is 19.4 Å². The monoisotopic (exact) mass is 246 g/mol. The average Bonchev–Trinajstić information content (AvgIpc) is 2.61. The van der Waals surface area contributed by atoms with Gasteiger partial charge in [-0.05, 0) is 24.7 Å². The molecule has 1 aromatic carbocycles. The van der Waals surface area contributed by atoms with Crippen molar-refractivity contribution in [2.75, 3.05) is 26.8 Å². The highest BCUT2D eigenvalue weighted by molar-refractivity contribution is 5.43. The van der Waals surface area contributed by atoms with E-state index in [4.69, 9.17) is 14.7 Å². The summed E-state index contributed by atoms with van der Waals surface area (Å²) in [5, 5.41) is 8.56. The quantitative estimate of drug-likeness (QED) is 0.817. The smallest absolute Gasteiger partial charge is 0.161 e. The highest BCUT2D eigenvalue weighted by atomic mass is 16.5. The zero-order valence-electron chi connectivity index (χ0n) is 10.7. The number of hydrogen-bond acceptors (Lipinski definition) is 4. The molecule has 4 heteroatoms. The fourth-order valence-electron chi connectivity index (χ4n) is 1.94. The molecule has 0 aliphatic carbocycles. The zero-order chi connectivity index (χ0) is 12.8. The Balaban J connectivity index is 2.02. The summed E-state index contributed by atoms with van der Waals surface area (Å²) in [5.74, 6) is 1.66. The molecule has 1 heterocycles. The first-order valence-electron chi connectivity index (χ1n) is 6.23. The molecule has 0 amide bonds. The van der Waals surface area contributed by atoms with E-state index >= 15 is 0 Å². The normalized spacial score (nSPS) is 14.1. The van der Waals surface area contributed by atoms with Crippen LogP contribution < -0.4 is 9.47 Å². The maximum Gasteiger partial charge on any atom is 0.161 e. The van der Waals surface area contributed by atoms with E-state index in [1.54, 1.807) is 0 Å². The van der Waals surface area contributed by atoms with Gasteiger partial charge in [0.2, 0.25) is 0 Å². The van der Waals surface area contributed by atoms with Gasteiger partial charge in [0.15, 0.2) is 11.5 Å². The molecule has 0 saturated carbocycles. The summed E-state index contributed by atoms with van der Waals surface area (Å²) in [4.78, 5) is 2.13. The van der Waals surface area contributed by atoms with Crippen molar-refractivity contribution < 1.29 is 9.47 Å². The van der Waals surface area contributed by atoms with Crippen LogP contribution in [0.5, 0.6) is 11.5 Å². The zero-order valence-corrected chi connectivity index (χ0v) is 10.7. The van der Waals surface area contributed by atoms with Gasteiger partial charge in [-0.15, -0.1) is 0 Å². The third-order valence-electron chi connectivity index (χ3n) is 2.87. The Morgan fingerprint density at radius 2 is 2.06 bits per heavy atom. The fraction of sp³-hybridized carbons (Fsp3) is 0.500. The maximum atomic E-state index is 8.56. The van der Waals surface area contributed by atoms with Crippen LogP contribution in [0, 0.1) is 11.3 Å². The van der Waals surface area contributed by atoms with E-state index in [1.165, 1.54) is 5.56 Å². The summed E-state index contributed by atoms with van der Waals surface area (Å²) < 4.78 is 11.2. The Morgan fingerprint density at radius 3 is 2.83 bits per heavy atom. The van der Waals surface area contributed by atoms with E-state index < -0.39 is 0 Å². The lowest BCUT2D eigenvalue weighted by Gasteiger charge is -2.16. The van der Waals surface area contributed by atoms with Crippen LogP contribution in [-0.4, -0.2) is 31.7 Å². The standard InChI is InChI=1S/C14H18N2O2/c1-16(7-2-6-15)11-12-4-5-13-14(10-12)18-9-3-8-17-13/h4-5,10H,2-3,7-9,11H2,1H3. The van der Waals surface area contributed by atoms with E-state index in [2.05, 4.69) is 17.0 Å². The molecule has 0 fully saturated rings. The highest BCUT2D eigenvalue weighted by Gasteiger charge is 2.11. The van der Waals surface area contributed by atoms with Crippen LogP contribution in [0.1, 0.15) is 18.4 Å². The van der Waals surface area contributed by atoms with Gasteiger partial charge in [-0.3, -0.25) is 0 Å². The number of hydrogen-bond donors (Lipinski definition) is 0. The molecule has 1 aromatic rings. The Bertz CT molecular complexity index is 440. The summed E-state index contributed by atoms with van der Waals surface area (Å²) in [6, 6.07) is 8.21. The van der Waals surface area contributed by atoms with Crippen LogP contribution in [0.15, 0.2) is 18.2 Å². The Kier molecular flexibility index (Phi) is 4.43. The van der Waals surface area contributed by atoms with Crippen molar-refractivity contribution in [1.29, 1.82) is 5.26 Å². The van der Waals surface area contributed by atoms with E-state index in [9.17, 15) is 0 Å². The second-order valence-corrected chi connectivity index (χ2v) is 4.48. The predicted octanol–water partition coefficient (Wildman–Crippen LogP) is 2.19. The molecule has 0 aromatic heterocycles. The van der Waals surface area contributed by atoms with E-state index in [1.807, 2.05) is 19.2 Å². The highest BCUT2D eigenvalue weighted by Crippen LogP contribution is 2.30. The molecular weight excluding hydrogens is 228 g/mol. The van der Waals surface area contributed by atoms with E-state index in [0.29, 0.717) is 19.6 Å². The molecule has 4 nitrogen and oxygen atoms in total. The lowest BCUT2D eigenvalue weighted by Crippen LogP contribution is -2.18. The van der Waals surface area contributed by atoms with Crippen LogP contribution in [-0.2, 0) is 6.54 Å². The number of benzene rings is 1. The molecule has 1 aliphatic rings. The number of fused-ring (bicyclic) bond motifs is 1. The molecular formula is C14H18N2O2. The maximum absolute atomic E-state index is 8.56. The molecule has 0 bridgehead atoms. The number of rotatable bonds is 4. The molecule has 0 saturated heterocycles. The van der Waals surface area contributed by atoms with Crippen LogP contribution in [0.3, 0.4) is 0 Å². The van der Waals surface area contributed by atoms with E-state index in [-0.39, 0.29) is 0 Å². The van der Waals surface area contributed by atoms with Gasteiger partial charge in [-0.25, -0.2) is 0 Å². The molecule has 96 valence electrons. The van der Waals surface area contributed by atoms with Crippen molar-refractivity contribution >= 4 is 0 Å². The Hall–Kier alpha value is -1.73. The Morgan fingerprint density at radius 1 is 1.28 bits per heavy atom. The van der Waals surface area contributed by atoms with Gasteiger partial charge in [-0.2, -0.15) is 5.26 Å². The van der Waals surface area contributed by atoms with Crippen LogP contribution in [0.25, 0.3) is 0 Å². The summed E-state index contributed by atoms with van der Waals surface area (Å²) in [6.45, 7) is 3.03. The second-order valence-electron chi connectivity index (χ2n) is 4.48. The van der Waals surface area contributed by atoms with Crippen molar-refractivity contribution in [3.8, 4) is 17.6 Å². The molecule has 0 N–H and O–H groups in total. The fourth-order valence-corrected chi connectivity index (χ4v) is 1.94. The summed E-state index contributed by atoms with van der Waals surface area (Å²) in [5.41, 5.74) is 1.18. The Labute approximate surface area is 108 Å². The summed E-state index contributed by atoms with van der Waals surface area (Å²) in [6.07, 6.45) is 1.48. The van der Waals surface area contributed by atoms with Gasteiger partial charge in [0.25, 0.3) is 0 Å². The molecule has 0 radical (unpaired) electrons. The molecule has 1 aliphatic heterocycles. The molecule has 0 unspecified atom stereocenters. The van der Waals surface area contributed by atoms with Gasteiger partial charge < -0.3 is 14.4 Å². The number of nitrogens with zero attached hydrogens (tertiary/aromatic N) is 2. The minimum atomic E-state index is 0.557. The lowest BCUT2D eigenvalue weighted by molar-refractivity contribution is 0.296. The first-order valence-corrected chi connectivity index (χ1v) is 6.23. The third kappa shape index (κ3) is 3.38. The van der Waals surface area contributed by atoms with Crippen molar-refractivity contribution in [3.63, 3.8) is 0 Å². The van der Waals surface area contributed by atoms with Gasteiger partial charge in [0, 0.05) is 25.9 Å². The lowest BCUT2D eigenvalue weighted by atomic mass is 10.2. The minimum absolute atomic E-state index is 0.557. The average molecular weight is 246 g/mol. The molecule has 18 heavy (non-hydrogen) atoms. The largest absolute Gasteiger partial charge is 0.490 e. The van der Waals surface area contributed by atoms with Crippen LogP contribution in [0.2, 0.25) is 0 Å². The summed E-state index contributed by atoms with van der Waals surface area (Å²) in [7, 11) is 2.01. The van der Waals surface area contributed by atoms with Crippen molar-refractivity contribution in [2.24, 2.45) is 0 Å².